The maximum Gasteiger partial charge on any atom is 0.277 e. The fourth-order valence-electron chi connectivity index (χ4n) is 3.29. The monoisotopic (exact) mass is 428 g/mol. The number of carbonyl (C=O) groups excluding carboxylic acids is 1. The first-order valence-corrected chi connectivity index (χ1v) is 9.83. The van der Waals surface area contributed by atoms with E-state index in [0.717, 1.165) is 5.56 Å². The van der Waals surface area contributed by atoms with Crippen LogP contribution in [0.15, 0.2) is 53.3 Å². The van der Waals surface area contributed by atoms with Gasteiger partial charge >= 0.3 is 0 Å². The molecule has 0 aliphatic carbocycles. The zero-order chi connectivity index (χ0) is 22.8. The molecule has 0 atom stereocenters. The molecule has 1 N–H and O–H groups in total. The summed E-state index contributed by atoms with van der Waals surface area (Å²) in [6, 6.07) is 15.8. The number of aryl methyl sites for hydroxylation is 1. The molecule has 0 fully saturated rings. The molecule has 160 valence electrons. The number of nitrogens with zero attached hydrogens (tertiary/aromatic N) is 5. The van der Waals surface area contributed by atoms with Gasteiger partial charge in [0, 0.05) is 11.3 Å². The van der Waals surface area contributed by atoms with E-state index in [2.05, 4.69) is 21.1 Å². The SMILES string of the molecule is COc1ccccc1C(=O)N(Cc1ccc(C#N)cc1)c1nc2nc(C)c(C)c(=O)n2[nH]1. The van der Waals surface area contributed by atoms with E-state index in [1.807, 2.05) is 0 Å². The van der Waals surface area contributed by atoms with E-state index in [1.54, 1.807) is 62.4 Å². The molecule has 0 aliphatic heterocycles. The van der Waals surface area contributed by atoms with Crippen LogP contribution >= 0.6 is 0 Å². The molecule has 0 radical (unpaired) electrons. The minimum atomic E-state index is -0.368. The highest BCUT2D eigenvalue weighted by atomic mass is 16.5. The molecule has 2 aromatic carbocycles. The number of fused-ring (bicyclic) bond motifs is 1. The van der Waals surface area contributed by atoms with Gasteiger partial charge in [0.1, 0.15) is 5.75 Å². The number of anilines is 1. The lowest BCUT2D eigenvalue weighted by Gasteiger charge is -2.21. The van der Waals surface area contributed by atoms with Crippen LogP contribution in [0.3, 0.4) is 0 Å². The number of para-hydroxylation sites is 1. The Bertz CT molecular complexity index is 1410. The summed E-state index contributed by atoms with van der Waals surface area (Å²) in [7, 11) is 1.49. The van der Waals surface area contributed by atoms with Crippen molar-refractivity contribution in [3.63, 3.8) is 0 Å². The summed E-state index contributed by atoms with van der Waals surface area (Å²) >= 11 is 0. The van der Waals surface area contributed by atoms with Crippen LogP contribution in [0.4, 0.5) is 5.95 Å². The number of hydrogen-bond acceptors (Lipinski definition) is 6. The minimum Gasteiger partial charge on any atom is -0.496 e. The zero-order valence-electron chi connectivity index (χ0n) is 17.8. The van der Waals surface area contributed by atoms with Gasteiger partial charge in [-0.1, -0.05) is 24.3 Å². The molecule has 2 aromatic heterocycles. The van der Waals surface area contributed by atoms with Crippen LogP contribution in [-0.4, -0.2) is 32.6 Å². The topological polar surface area (TPSA) is 116 Å². The van der Waals surface area contributed by atoms with Crippen molar-refractivity contribution in [3.05, 3.63) is 86.8 Å². The normalized spacial score (nSPS) is 10.7. The highest BCUT2D eigenvalue weighted by molar-refractivity contribution is 6.07. The molecule has 0 saturated carbocycles. The van der Waals surface area contributed by atoms with Gasteiger partial charge in [-0.2, -0.15) is 14.8 Å². The Labute approximate surface area is 183 Å². The number of hydrogen-bond donors (Lipinski definition) is 1. The number of benzene rings is 2. The molecule has 32 heavy (non-hydrogen) atoms. The van der Waals surface area contributed by atoms with Crippen molar-refractivity contribution >= 4 is 17.6 Å². The first-order valence-electron chi connectivity index (χ1n) is 9.83. The van der Waals surface area contributed by atoms with Crippen LogP contribution in [0, 0.1) is 25.2 Å². The van der Waals surface area contributed by atoms with E-state index in [0.29, 0.717) is 28.1 Å². The molecule has 0 aliphatic rings. The van der Waals surface area contributed by atoms with E-state index in [-0.39, 0.29) is 29.7 Å². The number of rotatable bonds is 5. The number of aromatic amines is 1. The summed E-state index contributed by atoms with van der Waals surface area (Å²) in [5, 5.41) is 12.0. The molecule has 0 spiro atoms. The van der Waals surface area contributed by atoms with E-state index < -0.39 is 0 Å². The van der Waals surface area contributed by atoms with Gasteiger partial charge in [-0.15, -0.1) is 0 Å². The summed E-state index contributed by atoms with van der Waals surface area (Å²) in [6.45, 7) is 3.57. The summed E-state index contributed by atoms with van der Waals surface area (Å²) < 4.78 is 6.58. The van der Waals surface area contributed by atoms with Gasteiger partial charge in [-0.3, -0.25) is 19.6 Å². The highest BCUT2D eigenvalue weighted by Crippen LogP contribution is 2.23. The third-order valence-corrected chi connectivity index (χ3v) is 5.21. The number of nitriles is 1. The van der Waals surface area contributed by atoms with Crippen molar-refractivity contribution in [2.45, 2.75) is 20.4 Å². The zero-order valence-corrected chi connectivity index (χ0v) is 17.8. The number of nitrogens with one attached hydrogen (secondary N) is 1. The fraction of sp³-hybridized carbons (Fsp3) is 0.174. The molecular weight excluding hydrogens is 408 g/mol. The van der Waals surface area contributed by atoms with Crippen molar-refractivity contribution < 1.29 is 9.53 Å². The summed E-state index contributed by atoms with van der Waals surface area (Å²) in [5.74, 6) is 0.387. The average molecular weight is 428 g/mol. The lowest BCUT2D eigenvalue weighted by atomic mass is 10.1. The van der Waals surface area contributed by atoms with Crippen LogP contribution < -0.4 is 15.2 Å². The minimum absolute atomic E-state index is 0.148. The van der Waals surface area contributed by atoms with E-state index in [1.165, 1.54) is 16.5 Å². The Morgan fingerprint density at radius 2 is 1.88 bits per heavy atom. The molecule has 0 saturated heterocycles. The standard InChI is InChI=1S/C23H20N6O3/c1-14-15(2)25-22-26-23(27-29(22)20(14)30)28(13-17-10-8-16(12-24)9-11-17)21(31)18-6-4-5-7-19(18)32-3/h4-11H,13H2,1-3H3,(H,25,26,27). The molecule has 9 heteroatoms. The highest BCUT2D eigenvalue weighted by Gasteiger charge is 2.25. The second-order valence-corrected chi connectivity index (χ2v) is 7.21. The average Bonchev–Trinajstić information content (AvgIpc) is 3.24. The Kier molecular flexibility index (Phi) is 5.43. The Morgan fingerprint density at radius 3 is 2.56 bits per heavy atom. The fourth-order valence-corrected chi connectivity index (χ4v) is 3.29. The van der Waals surface area contributed by atoms with E-state index >= 15 is 0 Å². The van der Waals surface area contributed by atoms with Gasteiger partial charge in [-0.25, -0.2) is 4.98 Å². The predicted molar refractivity (Wildman–Crippen MR) is 118 cm³/mol. The van der Waals surface area contributed by atoms with Crippen LogP contribution in [0.5, 0.6) is 5.75 Å². The molecule has 4 rings (SSSR count). The molecular formula is C23H20N6O3. The second kappa shape index (κ2) is 8.35. The Balaban J connectivity index is 1.84. The summed E-state index contributed by atoms with van der Waals surface area (Å²) in [6.07, 6.45) is 0. The lowest BCUT2D eigenvalue weighted by Crippen LogP contribution is -2.32. The first kappa shape index (κ1) is 20.8. The van der Waals surface area contributed by atoms with Crippen LogP contribution in [0.1, 0.15) is 32.7 Å². The number of H-pyrrole nitrogens is 1. The van der Waals surface area contributed by atoms with E-state index in [9.17, 15) is 9.59 Å². The number of carbonyl (C=O) groups is 1. The quantitative estimate of drug-likeness (QED) is 0.522. The Hall–Kier alpha value is -4.45. The molecule has 9 nitrogen and oxygen atoms in total. The van der Waals surface area contributed by atoms with Gasteiger partial charge in [0.05, 0.1) is 30.9 Å². The van der Waals surface area contributed by atoms with Crippen molar-refractivity contribution in [1.29, 1.82) is 5.26 Å². The maximum absolute atomic E-state index is 13.6. The van der Waals surface area contributed by atoms with Crippen LogP contribution in [0.2, 0.25) is 0 Å². The summed E-state index contributed by atoms with van der Waals surface area (Å²) in [5.41, 5.74) is 2.42. The van der Waals surface area contributed by atoms with Gasteiger partial charge in [-0.05, 0) is 43.7 Å². The third-order valence-electron chi connectivity index (χ3n) is 5.21. The third kappa shape index (κ3) is 3.70. The van der Waals surface area contributed by atoms with Gasteiger partial charge < -0.3 is 4.74 Å². The van der Waals surface area contributed by atoms with Crippen molar-refractivity contribution in [3.8, 4) is 11.8 Å². The molecule has 2 heterocycles. The summed E-state index contributed by atoms with van der Waals surface area (Å²) in [4.78, 5) is 36.4. The molecule has 0 unspecified atom stereocenters. The van der Waals surface area contributed by atoms with Gasteiger partial charge in [0.15, 0.2) is 0 Å². The van der Waals surface area contributed by atoms with Crippen molar-refractivity contribution in [2.75, 3.05) is 12.0 Å². The first-order chi connectivity index (χ1) is 15.4. The van der Waals surface area contributed by atoms with Crippen LogP contribution in [0.25, 0.3) is 5.78 Å². The predicted octanol–water partition coefficient (Wildman–Crippen LogP) is 2.76. The number of methoxy groups -OCH3 is 1. The molecule has 1 amide bonds. The Morgan fingerprint density at radius 1 is 1.16 bits per heavy atom. The molecule has 4 aromatic rings. The van der Waals surface area contributed by atoms with Crippen molar-refractivity contribution in [1.82, 2.24) is 19.6 Å². The lowest BCUT2D eigenvalue weighted by molar-refractivity contribution is 0.0980. The maximum atomic E-state index is 13.6. The van der Waals surface area contributed by atoms with E-state index in [4.69, 9.17) is 10.00 Å². The van der Waals surface area contributed by atoms with Crippen molar-refractivity contribution in [2.24, 2.45) is 0 Å². The number of aromatic nitrogens is 4. The number of ether oxygens (including phenoxy) is 1. The largest absolute Gasteiger partial charge is 0.496 e. The smallest absolute Gasteiger partial charge is 0.277 e. The number of amides is 1. The van der Waals surface area contributed by atoms with Gasteiger partial charge in [0.2, 0.25) is 5.95 Å². The van der Waals surface area contributed by atoms with Crippen LogP contribution in [-0.2, 0) is 6.54 Å². The van der Waals surface area contributed by atoms with Gasteiger partial charge in [0.25, 0.3) is 17.2 Å². The molecule has 0 bridgehead atoms. The second-order valence-electron chi connectivity index (χ2n) is 7.21.